The van der Waals surface area contributed by atoms with Crippen LogP contribution < -0.4 is 5.73 Å². The van der Waals surface area contributed by atoms with Gasteiger partial charge in [0, 0.05) is 6.04 Å². The van der Waals surface area contributed by atoms with Crippen LogP contribution in [0.5, 0.6) is 0 Å². The minimum Gasteiger partial charge on any atom is -0.466 e. The van der Waals surface area contributed by atoms with Crippen LogP contribution >= 0.6 is 0 Å². The molecule has 0 saturated heterocycles. The molecule has 1 rings (SSSR count). The van der Waals surface area contributed by atoms with E-state index in [0.717, 1.165) is 0 Å². The molecule has 0 aromatic rings. The minimum atomic E-state index is -0.148. The number of rotatable bonds is 4. The molecule has 1 fully saturated rings. The van der Waals surface area contributed by atoms with Gasteiger partial charge in [0.05, 0.1) is 13.0 Å². The standard InChI is InChI=1S/C11H21NO2/c1-2-14-11(13)8-10(12)9-6-4-3-5-7-9/h9-10H,2-8,12H2,1H3. The lowest BCUT2D eigenvalue weighted by molar-refractivity contribution is -0.143. The van der Waals surface area contributed by atoms with Crippen molar-refractivity contribution in [2.75, 3.05) is 6.61 Å². The first kappa shape index (κ1) is 11.5. The van der Waals surface area contributed by atoms with E-state index in [1.165, 1.54) is 32.1 Å². The molecule has 1 atom stereocenters. The second kappa shape index (κ2) is 6.02. The largest absolute Gasteiger partial charge is 0.466 e. The average Bonchev–Trinajstić information content (AvgIpc) is 2.19. The smallest absolute Gasteiger partial charge is 0.307 e. The Hall–Kier alpha value is -0.570. The van der Waals surface area contributed by atoms with Crippen molar-refractivity contribution < 1.29 is 9.53 Å². The van der Waals surface area contributed by atoms with Gasteiger partial charge in [0.2, 0.25) is 0 Å². The molecule has 0 radical (unpaired) electrons. The maximum absolute atomic E-state index is 11.2. The highest BCUT2D eigenvalue weighted by atomic mass is 16.5. The van der Waals surface area contributed by atoms with Gasteiger partial charge in [0.25, 0.3) is 0 Å². The Balaban J connectivity index is 2.25. The van der Waals surface area contributed by atoms with Crippen LogP contribution in [0, 0.1) is 5.92 Å². The van der Waals surface area contributed by atoms with Gasteiger partial charge in [-0.2, -0.15) is 0 Å². The van der Waals surface area contributed by atoms with Crippen molar-refractivity contribution in [3.63, 3.8) is 0 Å². The molecule has 0 amide bonds. The SMILES string of the molecule is CCOC(=O)CC(N)C1CCCCC1. The Bertz CT molecular complexity index is 176. The van der Waals surface area contributed by atoms with Gasteiger partial charge in [0.15, 0.2) is 0 Å². The number of carbonyl (C=O) groups excluding carboxylic acids is 1. The van der Waals surface area contributed by atoms with Crippen molar-refractivity contribution >= 4 is 5.97 Å². The van der Waals surface area contributed by atoms with Crippen LogP contribution in [0.15, 0.2) is 0 Å². The van der Waals surface area contributed by atoms with Crippen molar-refractivity contribution in [3.8, 4) is 0 Å². The van der Waals surface area contributed by atoms with Gasteiger partial charge in [-0.05, 0) is 25.7 Å². The first-order valence-corrected chi connectivity index (χ1v) is 5.65. The average molecular weight is 199 g/mol. The van der Waals surface area contributed by atoms with Crippen LogP contribution in [0.4, 0.5) is 0 Å². The third-order valence-corrected chi connectivity index (χ3v) is 2.96. The van der Waals surface area contributed by atoms with Crippen LogP contribution in [0.3, 0.4) is 0 Å². The molecule has 3 heteroatoms. The number of hydrogen-bond acceptors (Lipinski definition) is 3. The van der Waals surface area contributed by atoms with Gasteiger partial charge >= 0.3 is 5.97 Å². The molecule has 14 heavy (non-hydrogen) atoms. The number of carbonyl (C=O) groups is 1. The summed E-state index contributed by atoms with van der Waals surface area (Å²) >= 11 is 0. The summed E-state index contributed by atoms with van der Waals surface area (Å²) in [5.74, 6) is 0.388. The monoisotopic (exact) mass is 199 g/mol. The zero-order valence-corrected chi connectivity index (χ0v) is 9.00. The maximum Gasteiger partial charge on any atom is 0.307 e. The Labute approximate surface area is 86.0 Å². The molecule has 1 saturated carbocycles. The van der Waals surface area contributed by atoms with Crippen molar-refractivity contribution in [1.82, 2.24) is 0 Å². The lowest BCUT2D eigenvalue weighted by atomic mass is 9.83. The van der Waals surface area contributed by atoms with Crippen molar-refractivity contribution in [2.24, 2.45) is 11.7 Å². The molecule has 1 unspecified atom stereocenters. The third kappa shape index (κ3) is 3.66. The van der Waals surface area contributed by atoms with Crippen LogP contribution in [-0.4, -0.2) is 18.6 Å². The summed E-state index contributed by atoms with van der Waals surface area (Å²) in [5, 5.41) is 0. The van der Waals surface area contributed by atoms with Crippen LogP contribution in [0.2, 0.25) is 0 Å². The third-order valence-electron chi connectivity index (χ3n) is 2.96. The molecule has 0 aliphatic heterocycles. The molecule has 1 aliphatic rings. The summed E-state index contributed by atoms with van der Waals surface area (Å²) in [6.45, 7) is 2.28. The van der Waals surface area contributed by atoms with E-state index in [2.05, 4.69) is 0 Å². The molecule has 2 N–H and O–H groups in total. The number of hydrogen-bond donors (Lipinski definition) is 1. The predicted molar refractivity (Wildman–Crippen MR) is 55.8 cm³/mol. The summed E-state index contributed by atoms with van der Waals surface area (Å²) in [6.07, 6.45) is 6.60. The molecule has 3 nitrogen and oxygen atoms in total. The summed E-state index contributed by atoms with van der Waals surface area (Å²) in [7, 11) is 0. The van der Waals surface area contributed by atoms with Crippen LogP contribution in [0.1, 0.15) is 45.4 Å². The Morgan fingerprint density at radius 3 is 2.64 bits per heavy atom. The highest BCUT2D eigenvalue weighted by Gasteiger charge is 2.22. The van der Waals surface area contributed by atoms with Crippen LogP contribution in [-0.2, 0) is 9.53 Å². The van der Waals surface area contributed by atoms with E-state index in [1.54, 1.807) is 0 Å². The van der Waals surface area contributed by atoms with Crippen LogP contribution in [0.25, 0.3) is 0 Å². The maximum atomic E-state index is 11.2. The van der Waals surface area contributed by atoms with E-state index >= 15 is 0 Å². The van der Waals surface area contributed by atoms with Gasteiger partial charge in [-0.25, -0.2) is 0 Å². The van der Waals surface area contributed by atoms with Gasteiger partial charge in [-0.3, -0.25) is 4.79 Å². The Morgan fingerprint density at radius 1 is 1.43 bits per heavy atom. The normalized spacial score (nSPS) is 20.4. The quantitative estimate of drug-likeness (QED) is 0.703. The van der Waals surface area contributed by atoms with E-state index in [0.29, 0.717) is 18.9 Å². The zero-order chi connectivity index (χ0) is 10.4. The molecule has 0 bridgehead atoms. The van der Waals surface area contributed by atoms with E-state index in [1.807, 2.05) is 6.92 Å². The van der Waals surface area contributed by atoms with E-state index in [4.69, 9.17) is 10.5 Å². The molecule has 1 aliphatic carbocycles. The number of esters is 1. The molecule has 82 valence electrons. The lowest BCUT2D eigenvalue weighted by Gasteiger charge is -2.26. The number of ether oxygens (including phenoxy) is 1. The van der Waals surface area contributed by atoms with Gasteiger partial charge < -0.3 is 10.5 Å². The topological polar surface area (TPSA) is 52.3 Å². The first-order chi connectivity index (χ1) is 6.74. The molecule has 0 spiro atoms. The van der Waals surface area contributed by atoms with Crippen molar-refractivity contribution in [3.05, 3.63) is 0 Å². The molecular weight excluding hydrogens is 178 g/mol. The van der Waals surface area contributed by atoms with E-state index < -0.39 is 0 Å². The van der Waals surface area contributed by atoms with E-state index in [9.17, 15) is 4.79 Å². The Morgan fingerprint density at radius 2 is 2.07 bits per heavy atom. The summed E-state index contributed by atoms with van der Waals surface area (Å²) in [4.78, 5) is 11.2. The highest BCUT2D eigenvalue weighted by Crippen LogP contribution is 2.26. The zero-order valence-electron chi connectivity index (χ0n) is 9.00. The van der Waals surface area contributed by atoms with Gasteiger partial charge in [0.1, 0.15) is 0 Å². The number of nitrogens with two attached hydrogens (primary N) is 1. The summed E-state index contributed by atoms with van der Waals surface area (Å²) < 4.78 is 4.88. The predicted octanol–water partition coefficient (Wildman–Crippen LogP) is 1.85. The molecule has 0 aromatic heterocycles. The second-order valence-electron chi connectivity index (χ2n) is 4.07. The fraction of sp³-hybridized carbons (Fsp3) is 0.909. The fourth-order valence-electron chi connectivity index (χ4n) is 2.14. The second-order valence-corrected chi connectivity index (χ2v) is 4.07. The lowest BCUT2D eigenvalue weighted by Crippen LogP contribution is -2.34. The molecular formula is C11H21NO2. The summed E-state index contributed by atoms with van der Waals surface area (Å²) in [5.41, 5.74) is 5.98. The first-order valence-electron chi connectivity index (χ1n) is 5.65. The highest BCUT2D eigenvalue weighted by molar-refractivity contribution is 5.70. The van der Waals surface area contributed by atoms with Crippen molar-refractivity contribution in [1.29, 1.82) is 0 Å². The fourth-order valence-corrected chi connectivity index (χ4v) is 2.14. The molecule has 0 aromatic carbocycles. The van der Waals surface area contributed by atoms with Crippen molar-refractivity contribution in [2.45, 2.75) is 51.5 Å². The summed E-state index contributed by atoms with van der Waals surface area (Å²) in [6, 6.07) is 0.00866. The van der Waals surface area contributed by atoms with E-state index in [-0.39, 0.29) is 12.0 Å². The molecule has 0 heterocycles. The van der Waals surface area contributed by atoms with Gasteiger partial charge in [-0.1, -0.05) is 19.3 Å². The minimum absolute atomic E-state index is 0.00866. The Kier molecular flexibility index (Phi) is 4.94. The van der Waals surface area contributed by atoms with Gasteiger partial charge in [-0.15, -0.1) is 0 Å².